The van der Waals surface area contributed by atoms with Gasteiger partial charge in [-0.2, -0.15) is 5.10 Å². The van der Waals surface area contributed by atoms with Crippen LogP contribution in [0.2, 0.25) is 26.0 Å². The van der Waals surface area contributed by atoms with Crippen LogP contribution in [-0.2, 0) is 0 Å². The Balaban J connectivity index is 0.000000181. The van der Waals surface area contributed by atoms with Gasteiger partial charge in [-0.1, -0.05) is 34.8 Å². The summed E-state index contributed by atoms with van der Waals surface area (Å²) in [7, 11) is 0. The molecule has 1 aliphatic heterocycles. The van der Waals surface area contributed by atoms with Crippen molar-refractivity contribution in [1.82, 2.24) is 30.1 Å². The van der Waals surface area contributed by atoms with Gasteiger partial charge in [0.2, 0.25) is 10.6 Å². The van der Waals surface area contributed by atoms with Gasteiger partial charge in [0.05, 0.1) is 6.54 Å². The van der Waals surface area contributed by atoms with Crippen molar-refractivity contribution in [3.63, 3.8) is 0 Å². The third-order valence-electron chi connectivity index (χ3n) is 3.17. The van der Waals surface area contributed by atoms with Crippen LogP contribution in [0.4, 0.5) is 11.6 Å². The molecule has 0 aromatic carbocycles. The first-order valence-corrected chi connectivity index (χ1v) is 10.3. The predicted octanol–water partition coefficient (Wildman–Crippen LogP) is 5.30. The standard InChI is InChI=1S/C8H7Cl2N5.C5H8N2.C4HCl3N2/c1-4-2-7(15-14-4)12-6-3-5(9)11-8(10)13-6;1-4-2-5(6)7-3-4;5-2-1-3(6)9-4(7)8-2/h2-3H,1H3,(H2,11,12,13,14,15);2H,3H2,1H3,(H2,6,7);1H. The summed E-state index contributed by atoms with van der Waals surface area (Å²) < 4.78 is 0. The Morgan fingerprint density at radius 3 is 1.81 bits per heavy atom. The maximum atomic E-state index is 5.72. The summed E-state index contributed by atoms with van der Waals surface area (Å²) in [5.41, 5.74) is 7.49. The number of aromatic amines is 1. The summed E-state index contributed by atoms with van der Waals surface area (Å²) in [4.78, 5) is 18.7. The molecule has 0 fully saturated rings. The topological polar surface area (TPSA) is 131 Å². The molecule has 0 saturated carbocycles. The molecule has 0 unspecified atom stereocenters. The lowest BCUT2D eigenvalue weighted by molar-refractivity contribution is 1.05. The zero-order valence-electron chi connectivity index (χ0n) is 16.2. The molecule has 0 atom stereocenters. The van der Waals surface area contributed by atoms with Crippen LogP contribution in [-0.4, -0.2) is 42.5 Å². The highest BCUT2D eigenvalue weighted by atomic mass is 35.5. The number of aromatic nitrogens is 6. The van der Waals surface area contributed by atoms with E-state index in [2.05, 4.69) is 40.4 Å². The second-order valence-electron chi connectivity index (χ2n) is 5.92. The molecule has 0 bridgehead atoms. The molecule has 1 aliphatic rings. The second kappa shape index (κ2) is 12.0. The van der Waals surface area contributed by atoms with Crippen LogP contribution in [0.1, 0.15) is 12.6 Å². The highest BCUT2D eigenvalue weighted by Gasteiger charge is 2.03. The van der Waals surface area contributed by atoms with Gasteiger partial charge in [0.25, 0.3) is 0 Å². The molecule has 164 valence electrons. The largest absolute Gasteiger partial charge is 0.384 e. The van der Waals surface area contributed by atoms with Gasteiger partial charge in [-0.3, -0.25) is 10.1 Å². The molecule has 0 saturated heterocycles. The first-order chi connectivity index (χ1) is 14.6. The third-order valence-corrected chi connectivity index (χ3v) is 4.09. The van der Waals surface area contributed by atoms with E-state index in [0.29, 0.717) is 17.5 Å². The molecule has 4 heterocycles. The minimum atomic E-state index is 0.0625. The van der Waals surface area contributed by atoms with Crippen molar-refractivity contribution in [2.45, 2.75) is 13.8 Å². The normalized spacial score (nSPS) is 12.1. The fourth-order valence-corrected chi connectivity index (χ4v) is 3.09. The summed E-state index contributed by atoms with van der Waals surface area (Å²) in [5.74, 6) is 1.82. The fourth-order valence-electron chi connectivity index (χ4n) is 1.99. The number of H-pyrrole nitrogens is 1. The number of rotatable bonds is 2. The van der Waals surface area contributed by atoms with Crippen LogP contribution < -0.4 is 11.1 Å². The Morgan fingerprint density at radius 1 is 0.839 bits per heavy atom. The summed E-state index contributed by atoms with van der Waals surface area (Å²) in [6.07, 6.45) is 1.89. The van der Waals surface area contributed by atoms with Gasteiger partial charge in [0, 0.05) is 23.9 Å². The molecule has 0 aliphatic carbocycles. The summed E-state index contributed by atoms with van der Waals surface area (Å²) in [6.45, 7) is 4.72. The van der Waals surface area contributed by atoms with E-state index >= 15 is 0 Å². The van der Waals surface area contributed by atoms with Gasteiger partial charge in [-0.25, -0.2) is 19.9 Å². The van der Waals surface area contributed by atoms with E-state index in [1.165, 1.54) is 11.6 Å². The van der Waals surface area contributed by atoms with E-state index in [9.17, 15) is 0 Å². The lowest BCUT2D eigenvalue weighted by Gasteiger charge is -2.01. The van der Waals surface area contributed by atoms with E-state index < -0.39 is 0 Å². The molecule has 14 heteroatoms. The summed E-state index contributed by atoms with van der Waals surface area (Å²) >= 11 is 27.6. The Morgan fingerprint density at radius 2 is 1.42 bits per heavy atom. The first-order valence-electron chi connectivity index (χ1n) is 8.42. The van der Waals surface area contributed by atoms with Crippen LogP contribution >= 0.6 is 58.0 Å². The first kappa shape index (κ1) is 25.1. The van der Waals surface area contributed by atoms with Crippen LogP contribution in [0.3, 0.4) is 0 Å². The Labute approximate surface area is 203 Å². The van der Waals surface area contributed by atoms with Crippen LogP contribution in [0.5, 0.6) is 0 Å². The van der Waals surface area contributed by atoms with Gasteiger partial charge in [0.1, 0.15) is 27.1 Å². The molecule has 4 N–H and O–H groups in total. The third kappa shape index (κ3) is 9.67. The minimum absolute atomic E-state index is 0.0625. The van der Waals surface area contributed by atoms with Gasteiger partial charge >= 0.3 is 0 Å². The smallest absolute Gasteiger partial charge is 0.225 e. The SMILES string of the molecule is CC1=CC(N)=NC1.Cc1cc(Nc2cc(Cl)nc(Cl)n2)n[nH]1.Clc1cc(Cl)nc(Cl)n1. The lowest BCUT2D eigenvalue weighted by Crippen LogP contribution is -2.03. The minimum Gasteiger partial charge on any atom is -0.384 e. The highest BCUT2D eigenvalue weighted by molar-refractivity contribution is 6.35. The van der Waals surface area contributed by atoms with Gasteiger partial charge in [-0.05, 0) is 48.7 Å². The molecular formula is C17H16Cl5N9. The number of hydrogen-bond donors (Lipinski definition) is 3. The van der Waals surface area contributed by atoms with Crippen molar-refractivity contribution in [3.05, 3.63) is 61.6 Å². The number of anilines is 2. The number of hydrogen-bond acceptors (Lipinski definition) is 8. The Kier molecular flexibility index (Phi) is 9.73. The van der Waals surface area contributed by atoms with E-state index in [0.717, 1.165) is 12.2 Å². The van der Waals surface area contributed by atoms with Crippen LogP contribution in [0.25, 0.3) is 0 Å². The number of amidine groups is 1. The Bertz CT molecular complexity index is 1030. The van der Waals surface area contributed by atoms with Gasteiger partial charge in [-0.15, -0.1) is 0 Å². The van der Waals surface area contributed by atoms with Crippen LogP contribution in [0, 0.1) is 6.92 Å². The van der Waals surface area contributed by atoms with Crippen molar-refractivity contribution in [1.29, 1.82) is 0 Å². The van der Waals surface area contributed by atoms with Crippen molar-refractivity contribution < 1.29 is 0 Å². The maximum absolute atomic E-state index is 5.72. The number of aryl methyl sites for hydroxylation is 1. The molecule has 0 spiro atoms. The second-order valence-corrected chi connectivity index (χ2v) is 7.76. The van der Waals surface area contributed by atoms with E-state index in [1.54, 1.807) is 6.07 Å². The lowest BCUT2D eigenvalue weighted by atomic mass is 10.3. The predicted molar refractivity (Wildman–Crippen MR) is 126 cm³/mol. The molecular weight excluding hydrogens is 508 g/mol. The quantitative estimate of drug-likeness (QED) is 0.307. The molecule has 0 radical (unpaired) electrons. The molecule has 0 amide bonds. The molecule has 3 aromatic rings. The number of nitrogens with zero attached hydrogens (tertiary/aromatic N) is 6. The van der Waals surface area contributed by atoms with Crippen molar-refractivity contribution in [2.75, 3.05) is 11.9 Å². The molecule has 3 aromatic heterocycles. The van der Waals surface area contributed by atoms with Crippen molar-refractivity contribution in [3.8, 4) is 0 Å². The van der Waals surface area contributed by atoms with E-state index in [-0.39, 0.29) is 26.0 Å². The van der Waals surface area contributed by atoms with E-state index in [4.69, 9.17) is 63.7 Å². The average molecular weight is 524 g/mol. The maximum Gasteiger partial charge on any atom is 0.225 e. The fraction of sp³-hybridized carbons (Fsp3) is 0.176. The van der Waals surface area contributed by atoms with Crippen molar-refractivity contribution >= 4 is 75.5 Å². The molecule has 9 nitrogen and oxygen atoms in total. The highest BCUT2D eigenvalue weighted by Crippen LogP contribution is 2.18. The van der Waals surface area contributed by atoms with E-state index in [1.807, 2.05) is 26.0 Å². The van der Waals surface area contributed by atoms with Gasteiger partial charge < -0.3 is 11.1 Å². The number of nitrogens with one attached hydrogen (secondary N) is 2. The molecule has 4 rings (SSSR count). The summed E-state index contributed by atoms with van der Waals surface area (Å²) in [6, 6.07) is 4.82. The zero-order chi connectivity index (χ0) is 23.0. The number of nitrogens with two attached hydrogens (primary N) is 1. The zero-order valence-corrected chi connectivity index (χ0v) is 19.9. The number of aliphatic imine (C=N–C) groups is 1. The van der Waals surface area contributed by atoms with Crippen molar-refractivity contribution in [2.24, 2.45) is 10.7 Å². The monoisotopic (exact) mass is 521 g/mol. The summed E-state index contributed by atoms with van der Waals surface area (Å²) in [5, 5.41) is 10.7. The molecule has 31 heavy (non-hydrogen) atoms. The Hall–Kier alpha value is -2.17. The van der Waals surface area contributed by atoms with Crippen LogP contribution in [0.15, 0.2) is 34.8 Å². The number of halogens is 5. The average Bonchev–Trinajstić information content (AvgIpc) is 3.21. The van der Waals surface area contributed by atoms with Gasteiger partial charge in [0.15, 0.2) is 5.82 Å².